The summed E-state index contributed by atoms with van der Waals surface area (Å²) < 4.78 is 4.82. The van der Waals surface area contributed by atoms with Gasteiger partial charge in [-0.25, -0.2) is 9.59 Å². The Morgan fingerprint density at radius 2 is 2.33 bits per heavy atom. The second kappa shape index (κ2) is 7.17. The molecule has 0 saturated carbocycles. The number of likely N-dealkylation sites (tertiary alicyclic amines) is 1. The van der Waals surface area contributed by atoms with Crippen molar-refractivity contribution >= 4 is 12.0 Å². The molecule has 4 N–H and O–H groups in total. The van der Waals surface area contributed by atoms with Crippen molar-refractivity contribution in [1.29, 1.82) is 0 Å². The standard InChI is InChI=1S/C11H21N3O4/c1-18-5-3-9(10(15)16)13-11(17)14-4-2-8(6-12)7-14/h8-9H,2-7,12H2,1H3,(H,13,17)(H,15,16). The van der Waals surface area contributed by atoms with Gasteiger partial charge in [0.25, 0.3) is 0 Å². The first-order valence-electron chi connectivity index (χ1n) is 6.05. The van der Waals surface area contributed by atoms with Gasteiger partial charge in [-0.05, 0) is 18.9 Å². The molecule has 2 unspecified atom stereocenters. The molecule has 0 aromatic heterocycles. The van der Waals surface area contributed by atoms with E-state index in [1.54, 1.807) is 4.90 Å². The van der Waals surface area contributed by atoms with Gasteiger partial charge in [0.15, 0.2) is 0 Å². The smallest absolute Gasteiger partial charge is 0.326 e. The van der Waals surface area contributed by atoms with Crippen molar-refractivity contribution in [2.45, 2.75) is 18.9 Å². The molecule has 7 nitrogen and oxygen atoms in total. The molecule has 1 fully saturated rings. The van der Waals surface area contributed by atoms with E-state index < -0.39 is 12.0 Å². The first-order valence-corrected chi connectivity index (χ1v) is 6.05. The van der Waals surface area contributed by atoms with Gasteiger partial charge in [-0.1, -0.05) is 0 Å². The predicted molar refractivity (Wildman–Crippen MR) is 65.2 cm³/mol. The van der Waals surface area contributed by atoms with Gasteiger partial charge in [-0.3, -0.25) is 0 Å². The number of nitrogens with two attached hydrogens (primary N) is 1. The molecule has 1 rings (SSSR count). The number of methoxy groups -OCH3 is 1. The number of carbonyl (C=O) groups is 2. The van der Waals surface area contributed by atoms with Crippen molar-refractivity contribution in [2.24, 2.45) is 11.7 Å². The number of aliphatic carboxylic acids is 1. The number of nitrogens with one attached hydrogen (secondary N) is 1. The van der Waals surface area contributed by atoms with Crippen LogP contribution in [0.15, 0.2) is 0 Å². The van der Waals surface area contributed by atoms with Crippen molar-refractivity contribution < 1.29 is 19.4 Å². The molecule has 0 bridgehead atoms. The molecular formula is C11H21N3O4. The Bertz CT molecular complexity index is 298. The van der Waals surface area contributed by atoms with Crippen molar-refractivity contribution in [2.75, 3.05) is 33.4 Å². The van der Waals surface area contributed by atoms with Crippen LogP contribution in [0.2, 0.25) is 0 Å². The molecule has 1 saturated heterocycles. The summed E-state index contributed by atoms with van der Waals surface area (Å²) in [6.45, 7) is 2.07. The van der Waals surface area contributed by atoms with E-state index in [0.29, 0.717) is 32.2 Å². The lowest BCUT2D eigenvalue weighted by molar-refractivity contribution is -0.139. The van der Waals surface area contributed by atoms with Crippen LogP contribution >= 0.6 is 0 Å². The SMILES string of the molecule is COCCC(NC(=O)N1CCC(CN)C1)C(=O)O. The number of hydrogen-bond donors (Lipinski definition) is 3. The second-order valence-corrected chi connectivity index (χ2v) is 4.46. The molecule has 2 amide bonds. The molecule has 18 heavy (non-hydrogen) atoms. The van der Waals surface area contributed by atoms with E-state index in [-0.39, 0.29) is 12.5 Å². The highest BCUT2D eigenvalue weighted by Crippen LogP contribution is 2.14. The number of ether oxygens (including phenoxy) is 1. The Morgan fingerprint density at radius 1 is 1.61 bits per heavy atom. The van der Waals surface area contributed by atoms with E-state index in [4.69, 9.17) is 15.6 Å². The molecule has 0 aromatic carbocycles. The summed E-state index contributed by atoms with van der Waals surface area (Å²) in [5.74, 6) is -0.729. The van der Waals surface area contributed by atoms with Crippen LogP contribution in [0.4, 0.5) is 4.79 Å². The molecule has 0 spiro atoms. The topological polar surface area (TPSA) is 105 Å². The van der Waals surface area contributed by atoms with E-state index in [9.17, 15) is 9.59 Å². The van der Waals surface area contributed by atoms with E-state index in [1.165, 1.54) is 7.11 Å². The molecule has 2 atom stereocenters. The molecule has 0 radical (unpaired) electrons. The van der Waals surface area contributed by atoms with Crippen LogP contribution < -0.4 is 11.1 Å². The zero-order valence-corrected chi connectivity index (χ0v) is 10.6. The maximum atomic E-state index is 11.9. The number of urea groups is 1. The lowest BCUT2D eigenvalue weighted by Crippen LogP contribution is -2.47. The number of carboxylic acid groups (broad SMARTS) is 1. The zero-order chi connectivity index (χ0) is 13.5. The summed E-state index contributed by atoms with van der Waals surface area (Å²) >= 11 is 0. The van der Waals surface area contributed by atoms with Crippen LogP contribution in [0, 0.1) is 5.92 Å². The summed E-state index contributed by atoms with van der Waals surface area (Å²) in [5.41, 5.74) is 5.54. The zero-order valence-electron chi connectivity index (χ0n) is 10.6. The normalized spacial score (nSPS) is 20.8. The number of carboxylic acids is 1. The fraction of sp³-hybridized carbons (Fsp3) is 0.818. The first-order chi connectivity index (χ1) is 8.58. The highest BCUT2D eigenvalue weighted by atomic mass is 16.5. The van der Waals surface area contributed by atoms with Crippen molar-refractivity contribution in [3.8, 4) is 0 Å². The van der Waals surface area contributed by atoms with Crippen LogP contribution in [-0.4, -0.2) is 61.4 Å². The Balaban J connectivity index is 2.43. The Morgan fingerprint density at radius 3 is 2.83 bits per heavy atom. The van der Waals surface area contributed by atoms with Crippen molar-refractivity contribution in [3.05, 3.63) is 0 Å². The second-order valence-electron chi connectivity index (χ2n) is 4.46. The van der Waals surface area contributed by atoms with E-state index in [0.717, 1.165) is 6.42 Å². The Kier molecular flexibility index (Phi) is 5.87. The van der Waals surface area contributed by atoms with Gasteiger partial charge in [0.1, 0.15) is 6.04 Å². The quantitative estimate of drug-likeness (QED) is 0.594. The van der Waals surface area contributed by atoms with E-state index in [2.05, 4.69) is 5.32 Å². The summed E-state index contributed by atoms with van der Waals surface area (Å²) in [5, 5.41) is 11.5. The third-order valence-corrected chi connectivity index (χ3v) is 3.11. The minimum absolute atomic E-state index is 0.256. The maximum absolute atomic E-state index is 11.9. The number of nitrogens with zero attached hydrogens (tertiary/aromatic N) is 1. The molecule has 1 aliphatic rings. The van der Waals surface area contributed by atoms with Gasteiger partial charge in [0.2, 0.25) is 0 Å². The van der Waals surface area contributed by atoms with Gasteiger partial charge >= 0.3 is 12.0 Å². The number of rotatable bonds is 6. The van der Waals surface area contributed by atoms with Gasteiger partial charge in [0, 0.05) is 33.2 Å². The van der Waals surface area contributed by atoms with Crippen LogP contribution in [0.1, 0.15) is 12.8 Å². The molecule has 104 valence electrons. The highest BCUT2D eigenvalue weighted by Gasteiger charge is 2.28. The van der Waals surface area contributed by atoms with E-state index >= 15 is 0 Å². The number of amides is 2. The molecule has 1 heterocycles. The minimum Gasteiger partial charge on any atom is -0.480 e. The molecule has 0 aliphatic carbocycles. The van der Waals surface area contributed by atoms with Crippen LogP contribution in [0.25, 0.3) is 0 Å². The molecule has 0 aromatic rings. The maximum Gasteiger partial charge on any atom is 0.326 e. The molecular weight excluding hydrogens is 238 g/mol. The van der Waals surface area contributed by atoms with E-state index in [1.807, 2.05) is 0 Å². The summed E-state index contributed by atoms with van der Waals surface area (Å²) in [6.07, 6.45) is 1.13. The third kappa shape index (κ3) is 4.15. The summed E-state index contributed by atoms with van der Waals surface area (Å²) in [7, 11) is 1.49. The average Bonchev–Trinajstić information content (AvgIpc) is 2.82. The number of carbonyl (C=O) groups excluding carboxylic acids is 1. The van der Waals surface area contributed by atoms with Crippen LogP contribution in [0.5, 0.6) is 0 Å². The van der Waals surface area contributed by atoms with Gasteiger partial charge in [-0.15, -0.1) is 0 Å². The van der Waals surface area contributed by atoms with Gasteiger partial charge < -0.3 is 25.8 Å². The predicted octanol–water partition coefficient (Wildman–Crippen LogP) is -0.534. The molecule has 7 heteroatoms. The molecule has 1 aliphatic heterocycles. The first kappa shape index (κ1) is 14.7. The van der Waals surface area contributed by atoms with Crippen LogP contribution in [-0.2, 0) is 9.53 Å². The third-order valence-electron chi connectivity index (χ3n) is 3.11. The lowest BCUT2D eigenvalue weighted by atomic mass is 10.1. The average molecular weight is 259 g/mol. The Labute approximate surface area is 106 Å². The van der Waals surface area contributed by atoms with Crippen molar-refractivity contribution in [3.63, 3.8) is 0 Å². The van der Waals surface area contributed by atoms with Gasteiger partial charge in [0.05, 0.1) is 0 Å². The monoisotopic (exact) mass is 259 g/mol. The Hall–Kier alpha value is -1.34. The summed E-state index contributed by atoms with van der Waals surface area (Å²) in [6, 6.07) is -1.25. The van der Waals surface area contributed by atoms with Crippen molar-refractivity contribution in [1.82, 2.24) is 10.2 Å². The lowest BCUT2D eigenvalue weighted by Gasteiger charge is -2.20. The largest absolute Gasteiger partial charge is 0.480 e. The van der Waals surface area contributed by atoms with Crippen LogP contribution in [0.3, 0.4) is 0 Å². The fourth-order valence-corrected chi connectivity index (χ4v) is 1.94. The highest BCUT2D eigenvalue weighted by molar-refractivity contribution is 5.82. The van der Waals surface area contributed by atoms with Gasteiger partial charge in [-0.2, -0.15) is 0 Å². The fourth-order valence-electron chi connectivity index (χ4n) is 1.94. The minimum atomic E-state index is -1.05. The number of hydrogen-bond acceptors (Lipinski definition) is 4. The summed E-state index contributed by atoms with van der Waals surface area (Å²) in [4.78, 5) is 24.4.